The number of carbonyl (C=O) groups excluding carboxylic acids is 3. The van der Waals surface area contributed by atoms with E-state index in [2.05, 4.69) is 0 Å². The van der Waals surface area contributed by atoms with E-state index in [1.54, 1.807) is 12.1 Å². The summed E-state index contributed by atoms with van der Waals surface area (Å²) in [5.74, 6) is -1.50. The number of rotatable bonds is 5. The van der Waals surface area contributed by atoms with Crippen LogP contribution >= 0.6 is 0 Å². The van der Waals surface area contributed by atoms with Crippen LogP contribution in [0.25, 0.3) is 0 Å². The summed E-state index contributed by atoms with van der Waals surface area (Å²) in [6, 6.07) is 5.29. The second-order valence-electron chi connectivity index (χ2n) is 8.34. The van der Waals surface area contributed by atoms with Crippen molar-refractivity contribution in [3.8, 4) is 0 Å². The zero-order chi connectivity index (χ0) is 22.2. The van der Waals surface area contributed by atoms with Crippen molar-refractivity contribution in [2.24, 2.45) is 5.92 Å². The molecule has 0 N–H and O–H groups in total. The molecule has 1 aromatic carbocycles. The molecule has 4 rings (SSSR count). The fourth-order valence-corrected chi connectivity index (χ4v) is 6.04. The predicted octanol–water partition coefficient (Wildman–Crippen LogP) is 1.58. The summed E-state index contributed by atoms with van der Waals surface area (Å²) in [5, 5.41) is 0. The Bertz CT molecular complexity index is 989. The molecule has 1 saturated carbocycles. The first-order valence-electron chi connectivity index (χ1n) is 10.7. The number of amides is 4. The first-order valence-corrected chi connectivity index (χ1v) is 12.1. The van der Waals surface area contributed by atoms with Crippen LogP contribution in [0.3, 0.4) is 0 Å². The van der Waals surface area contributed by atoms with Crippen molar-refractivity contribution in [2.75, 3.05) is 26.3 Å². The van der Waals surface area contributed by atoms with Crippen molar-refractivity contribution in [1.29, 1.82) is 0 Å². The maximum atomic E-state index is 13.0. The summed E-state index contributed by atoms with van der Waals surface area (Å²) in [7, 11) is -3.70. The van der Waals surface area contributed by atoms with Gasteiger partial charge in [0.05, 0.1) is 24.7 Å². The van der Waals surface area contributed by atoms with Crippen LogP contribution in [-0.4, -0.2) is 72.7 Å². The van der Waals surface area contributed by atoms with Crippen molar-refractivity contribution < 1.29 is 27.5 Å². The number of morpholine rings is 1. The molecule has 2 aliphatic heterocycles. The van der Waals surface area contributed by atoms with E-state index in [4.69, 9.17) is 4.74 Å². The van der Waals surface area contributed by atoms with Gasteiger partial charge in [-0.15, -0.1) is 0 Å². The first-order chi connectivity index (χ1) is 14.8. The summed E-state index contributed by atoms with van der Waals surface area (Å²) in [6.45, 7) is 3.09. The van der Waals surface area contributed by atoms with Crippen LogP contribution in [0.5, 0.6) is 0 Å². The minimum absolute atomic E-state index is 0.0927. The summed E-state index contributed by atoms with van der Waals surface area (Å²) >= 11 is 0. The average molecular weight is 450 g/mol. The molecular formula is C21H27N3O6S. The second kappa shape index (κ2) is 8.68. The number of carbonyl (C=O) groups is 3. The van der Waals surface area contributed by atoms with Crippen molar-refractivity contribution in [2.45, 2.75) is 50.1 Å². The van der Waals surface area contributed by atoms with Gasteiger partial charge < -0.3 is 4.74 Å². The highest BCUT2D eigenvalue weighted by Crippen LogP contribution is 2.31. The Hall–Kier alpha value is -2.30. The fourth-order valence-electron chi connectivity index (χ4n) is 4.56. The van der Waals surface area contributed by atoms with Gasteiger partial charge in [-0.2, -0.15) is 4.31 Å². The highest BCUT2D eigenvalue weighted by Gasteiger charge is 2.49. The molecule has 31 heavy (non-hydrogen) atoms. The smallest absolute Gasteiger partial charge is 0.334 e. The molecule has 3 fully saturated rings. The minimum atomic E-state index is -3.70. The molecule has 10 heteroatoms. The molecule has 2 saturated heterocycles. The van der Waals surface area contributed by atoms with E-state index in [-0.39, 0.29) is 36.5 Å². The van der Waals surface area contributed by atoms with Gasteiger partial charge in [0.15, 0.2) is 0 Å². The Balaban J connectivity index is 1.54. The standard InChI is InChI=1S/C21H27N3O6S/c1-15-5-2-3-8-18(15)24-20(26)19(25)23(21(24)27)14-16-6-4-7-17(13-16)31(28,29)22-9-11-30-12-10-22/h4,6-7,13,15,18H,2-3,5,8-12,14H2,1H3/t15-,18-/m0/s1. The van der Waals surface area contributed by atoms with Gasteiger partial charge in [0.25, 0.3) is 0 Å². The van der Waals surface area contributed by atoms with Crippen molar-refractivity contribution >= 4 is 27.9 Å². The fraction of sp³-hybridized carbons (Fsp3) is 0.571. The van der Waals surface area contributed by atoms with Crippen LogP contribution in [0, 0.1) is 5.92 Å². The molecule has 1 aromatic rings. The summed E-state index contributed by atoms with van der Waals surface area (Å²) in [4.78, 5) is 40.3. The van der Waals surface area contributed by atoms with E-state index >= 15 is 0 Å². The van der Waals surface area contributed by atoms with E-state index in [9.17, 15) is 22.8 Å². The number of sulfonamides is 1. The third-order valence-corrected chi connectivity index (χ3v) is 8.22. The molecule has 0 bridgehead atoms. The number of benzene rings is 1. The second-order valence-corrected chi connectivity index (χ2v) is 10.3. The lowest BCUT2D eigenvalue weighted by Gasteiger charge is -2.34. The van der Waals surface area contributed by atoms with E-state index in [1.165, 1.54) is 16.4 Å². The first kappa shape index (κ1) is 21.9. The van der Waals surface area contributed by atoms with E-state index in [1.807, 2.05) is 6.92 Å². The summed E-state index contributed by atoms with van der Waals surface area (Å²) in [5.41, 5.74) is 0.474. The SMILES string of the molecule is C[C@H]1CCCC[C@@H]1N1C(=O)C(=O)N(Cc2cccc(S(=O)(=O)N3CCOCC3)c2)C1=O. The van der Waals surface area contributed by atoms with Crippen molar-refractivity contribution in [1.82, 2.24) is 14.1 Å². The van der Waals surface area contributed by atoms with Gasteiger partial charge in [-0.1, -0.05) is 31.9 Å². The predicted molar refractivity (Wildman–Crippen MR) is 110 cm³/mol. The van der Waals surface area contributed by atoms with Crippen LogP contribution < -0.4 is 0 Å². The zero-order valence-corrected chi connectivity index (χ0v) is 18.3. The normalized spacial score (nSPS) is 26.0. The van der Waals surface area contributed by atoms with Crippen molar-refractivity contribution in [3.05, 3.63) is 29.8 Å². The number of imide groups is 2. The molecule has 0 unspecified atom stereocenters. The molecule has 168 valence electrons. The lowest BCUT2D eigenvalue weighted by atomic mass is 9.85. The lowest BCUT2D eigenvalue weighted by Crippen LogP contribution is -2.46. The Kier molecular flexibility index (Phi) is 6.14. The van der Waals surface area contributed by atoms with Crippen LogP contribution in [0.15, 0.2) is 29.2 Å². The molecule has 3 aliphatic rings. The van der Waals surface area contributed by atoms with Gasteiger partial charge >= 0.3 is 17.8 Å². The number of ether oxygens (including phenoxy) is 1. The van der Waals surface area contributed by atoms with E-state index < -0.39 is 27.9 Å². The van der Waals surface area contributed by atoms with E-state index in [0.717, 1.165) is 29.1 Å². The topological polar surface area (TPSA) is 104 Å². The lowest BCUT2D eigenvalue weighted by molar-refractivity contribution is -0.144. The van der Waals surface area contributed by atoms with Gasteiger partial charge in [-0.05, 0) is 36.5 Å². The molecule has 1 aliphatic carbocycles. The molecule has 4 amide bonds. The summed E-state index contributed by atoms with van der Waals surface area (Å²) < 4.78 is 32.4. The van der Waals surface area contributed by atoms with Gasteiger partial charge in [0, 0.05) is 19.1 Å². The van der Waals surface area contributed by atoms with Gasteiger partial charge in [0.2, 0.25) is 10.0 Å². The van der Waals surface area contributed by atoms with Gasteiger partial charge in [-0.3, -0.25) is 19.4 Å². The molecule has 2 heterocycles. The van der Waals surface area contributed by atoms with Crippen LogP contribution in [0.1, 0.15) is 38.2 Å². The van der Waals surface area contributed by atoms with E-state index in [0.29, 0.717) is 25.2 Å². The Morgan fingerprint density at radius 3 is 2.45 bits per heavy atom. The average Bonchev–Trinajstić information content (AvgIpc) is 2.98. The van der Waals surface area contributed by atoms with Crippen LogP contribution in [0.2, 0.25) is 0 Å². The maximum Gasteiger partial charge on any atom is 0.334 e. The van der Waals surface area contributed by atoms with Gasteiger partial charge in [-0.25, -0.2) is 13.2 Å². The molecular weight excluding hydrogens is 422 g/mol. The quantitative estimate of drug-likeness (QED) is 0.499. The largest absolute Gasteiger partial charge is 0.379 e. The third-order valence-electron chi connectivity index (χ3n) is 6.33. The third kappa shape index (κ3) is 4.11. The Morgan fingerprint density at radius 2 is 1.74 bits per heavy atom. The Morgan fingerprint density at radius 1 is 1.03 bits per heavy atom. The molecule has 9 nitrogen and oxygen atoms in total. The minimum Gasteiger partial charge on any atom is -0.379 e. The molecule has 0 spiro atoms. The highest BCUT2D eigenvalue weighted by molar-refractivity contribution is 7.89. The Labute approximate surface area is 182 Å². The number of hydrogen-bond donors (Lipinski definition) is 0. The highest BCUT2D eigenvalue weighted by atomic mass is 32.2. The van der Waals surface area contributed by atoms with Crippen LogP contribution in [-0.2, 0) is 30.9 Å². The molecule has 0 aromatic heterocycles. The number of urea groups is 1. The zero-order valence-electron chi connectivity index (χ0n) is 17.5. The monoisotopic (exact) mass is 449 g/mol. The molecule has 2 atom stereocenters. The maximum absolute atomic E-state index is 13.0. The number of nitrogens with zero attached hydrogens (tertiary/aromatic N) is 3. The molecule has 0 radical (unpaired) electrons. The summed E-state index contributed by atoms with van der Waals surface area (Å²) in [6.07, 6.45) is 3.59. The van der Waals surface area contributed by atoms with Gasteiger partial charge in [0.1, 0.15) is 0 Å². The van der Waals surface area contributed by atoms with Crippen molar-refractivity contribution in [3.63, 3.8) is 0 Å². The number of hydrogen-bond acceptors (Lipinski definition) is 6. The van der Waals surface area contributed by atoms with Crippen LogP contribution in [0.4, 0.5) is 4.79 Å².